The van der Waals surface area contributed by atoms with Crippen LogP contribution >= 0.6 is 12.2 Å². The zero-order valence-corrected chi connectivity index (χ0v) is 8.71. The van der Waals surface area contributed by atoms with Crippen LogP contribution in [0.4, 0.5) is 0 Å². The van der Waals surface area contributed by atoms with E-state index in [1.165, 1.54) is 6.08 Å². The van der Waals surface area contributed by atoms with Gasteiger partial charge in [-0.1, -0.05) is 0 Å². The summed E-state index contributed by atoms with van der Waals surface area (Å²) in [4.78, 5) is 11.0. The fourth-order valence-electron chi connectivity index (χ4n) is 1.10. The molecule has 0 aromatic carbocycles. The highest BCUT2D eigenvalue weighted by Crippen LogP contribution is 2.17. The number of thiocarbonyl (C=S) groups is 1. The van der Waals surface area contributed by atoms with Crippen LogP contribution < -0.4 is 16.0 Å². The minimum Gasteiger partial charge on any atom is -0.366 e. The summed E-state index contributed by atoms with van der Waals surface area (Å²) in [6.07, 6.45) is 1.52. The van der Waals surface area contributed by atoms with Crippen molar-refractivity contribution in [1.82, 2.24) is 16.0 Å². The summed E-state index contributed by atoms with van der Waals surface area (Å²) >= 11 is 4.93. The molecule has 13 heavy (non-hydrogen) atoms. The number of carbonyl (C=O) groups excluding carboxylic acids is 1. The molecule has 0 atom stereocenters. The van der Waals surface area contributed by atoms with Crippen LogP contribution in [-0.2, 0) is 4.79 Å². The van der Waals surface area contributed by atoms with Crippen LogP contribution in [-0.4, -0.2) is 23.6 Å². The summed E-state index contributed by atoms with van der Waals surface area (Å²) in [6.45, 7) is 3.82. The van der Waals surface area contributed by atoms with Crippen LogP contribution in [0, 0.1) is 0 Å². The van der Waals surface area contributed by atoms with Gasteiger partial charge in [-0.25, -0.2) is 0 Å². The predicted molar refractivity (Wildman–Crippen MR) is 55.1 cm³/mol. The summed E-state index contributed by atoms with van der Waals surface area (Å²) < 4.78 is 0. The Morgan fingerprint density at radius 2 is 2.23 bits per heavy atom. The molecule has 1 aliphatic rings. The van der Waals surface area contributed by atoms with Gasteiger partial charge in [-0.15, -0.1) is 0 Å². The van der Waals surface area contributed by atoms with E-state index in [9.17, 15) is 4.79 Å². The molecular formula is C8H13N3OS. The van der Waals surface area contributed by atoms with E-state index in [2.05, 4.69) is 16.0 Å². The van der Waals surface area contributed by atoms with Gasteiger partial charge in [0.25, 0.3) is 0 Å². The van der Waals surface area contributed by atoms with Crippen molar-refractivity contribution in [3.63, 3.8) is 0 Å². The maximum Gasteiger partial charge on any atom is 0.246 e. The first-order valence-electron chi connectivity index (χ1n) is 3.99. The Hall–Kier alpha value is -1.10. The molecular weight excluding hydrogens is 186 g/mol. The number of carbonyl (C=O) groups is 1. The fraction of sp³-hybridized carbons (Fsp3) is 0.500. The molecule has 0 spiro atoms. The van der Waals surface area contributed by atoms with Gasteiger partial charge in [0.05, 0.1) is 5.54 Å². The first-order chi connectivity index (χ1) is 5.95. The van der Waals surface area contributed by atoms with E-state index >= 15 is 0 Å². The molecule has 0 bridgehead atoms. The third-order valence-electron chi connectivity index (χ3n) is 1.86. The number of rotatable bonds is 1. The van der Waals surface area contributed by atoms with Gasteiger partial charge in [0.2, 0.25) is 5.91 Å². The van der Waals surface area contributed by atoms with Gasteiger partial charge >= 0.3 is 0 Å². The second-order valence-corrected chi connectivity index (χ2v) is 3.78. The van der Waals surface area contributed by atoms with Crippen LogP contribution in [0.15, 0.2) is 11.8 Å². The first kappa shape index (κ1) is 9.98. The number of nitrogens with one attached hydrogen (secondary N) is 3. The highest BCUT2D eigenvalue weighted by molar-refractivity contribution is 7.80. The van der Waals surface area contributed by atoms with E-state index in [4.69, 9.17) is 12.2 Å². The minimum absolute atomic E-state index is 0.0913. The molecule has 0 radical (unpaired) electrons. The molecule has 5 heteroatoms. The lowest BCUT2D eigenvalue weighted by molar-refractivity contribution is -0.116. The lowest BCUT2D eigenvalue weighted by atomic mass is 10.0. The molecule has 0 unspecified atom stereocenters. The topological polar surface area (TPSA) is 53.2 Å². The molecule has 3 N–H and O–H groups in total. The average Bonchev–Trinajstić information content (AvgIpc) is 2.24. The summed E-state index contributed by atoms with van der Waals surface area (Å²) in [5.41, 5.74) is 0.426. The second kappa shape index (κ2) is 3.33. The molecule has 0 aromatic rings. The zero-order chi connectivity index (χ0) is 10.1. The lowest BCUT2D eigenvalue weighted by Crippen LogP contribution is -2.45. The van der Waals surface area contributed by atoms with Crippen LogP contribution in [0.3, 0.4) is 0 Å². The van der Waals surface area contributed by atoms with Crippen LogP contribution in [0.25, 0.3) is 0 Å². The third-order valence-corrected chi connectivity index (χ3v) is 2.17. The smallest absolute Gasteiger partial charge is 0.246 e. The van der Waals surface area contributed by atoms with Gasteiger partial charge in [0.15, 0.2) is 5.11 Å². The van der Waals surface area contributed by atoms with Crippen molar-refractivity contribution in [2.24, 2.45) is 0 Å². The quantitative estimate of drug-likeness (QED) is 0.515. The standard InChI is InChI=1S/C8H13N3OS/c1-8(2)5(4-6(12)11-8)10-7(13)9-3/h4H,1-3H3,(H,11,12)(H2,9,10,13). The normalized spacial score (nSPS) is 19.0. The summed E-state index contributed by atoms with van der Waals surface area (Å²) in [7, 11) is 1.73. The van der Waals surface area contributed by atoms with E-state index in [-0.39, 0.29) is 11.4 Å². The van der Waals surface area contributed by atoms with Crippen molar-refractivity contribution >= 4 is 23.2 Å². The van der Waals surface area contributed by atoms with E-state index in [0.29, 0.717) is 5.11 Å². The molecule has 1 amide bonds. The van der Waals surface area contributed by atoms with Crippen molar-refractivity contribution in [1.29, 1.82) is 0 Å². The Morgan fingerprint density at radius 3 is 2.62 bits per heavy atom. The zero-order valence-electron chi connectivity index (χ0n) is 7.89. The largest absolute Gasteiger partial charge is 0.366 e. The third kappa shape index (κ3) is 2.18. The van der Waals surface area contributed by atoms with Gasteiger partial charge in [-0.2, -0.15) is 0 Å². The van der Waals surface area contributed by atoms with Gasteiger partial charge in [-0.3, -0.25) is 4.79 Å². The van der Waals surface area contributed by atoms with E-state index < -0.39 is 0 Å². The molecule has 0 aliphatic carbocycles. The molecule has 0 saturated heterocycles. The molecule has 1 rings (SSSR count). The molecule has 4 nitrogen and oxygen atoms in total. The first-order valence-corrected chi connectivity index (χ1v) is 4.39. The summed E-state index contributed by atoms with van der Waals surface area (Å²) in [5, 5.41) is 9.03. The Balaban J connectivity index is 2.74. The SMILES string of the molecule is CNC(=S)NC1=CC(=O)NC1(C)C. The van der Waals surface area contributed by atoms with Crippen molar-refractivity contribution in [3.8, 4) is 0 Å². The molecule has 1 aliphatic heterocycles. The second-order valence-electron chi connectivity index (χ2n) is 3.38. The van der Waals surface area contributed by atoms with E-state index in [1.54, 1.807) is 7.05 Å². The van der Waals surface area contributed by atoms with Crippen LogP contribution in [0.2, 0.25) is 0 Å². The number of hydrogen-bond acceptors (Lipinski definition) is 2. The van der Waals surface area contributed by atoms with E-state index in [0.717, 1.165) is 5.70 Å². The highest BCUT2D eigenvalue weighted by Gasteiger charge is 2.31. The number of amides is 1. The van der Waals surface area contributed by atoms with Crippen molar-refractivity contribution in [3.05, 3.63) is 11.8 Å². The van der Waals surface area contributed by atoms with E-state index in [1.807, 2.05) is 13.8 Å². The average molecular weight is 199 g/mol. The molecule has 0 saturated carbocycles. The van der Waals surface area contributed by atoms with Gasteiger partial charge in [0.1, 0.15) is 0 Å². The molecule has 1 heterocycles. The maximum atomic E-state index is 11.0. The van der Waals surface area contributed by atoms with Gasteiger partial charge in [0, 0.05) is 18.8 Å². The Kier molecular flexibility index (Phi) is 2.56. The Labute approximate surface area is 82.8 Å². The van der Waals surface area contributed by atoms with Gasteiger partial charge in [-0.05, 0) is 26.1 Å². The van der Waals surface area contributed by atoms with Crippen molar-refractivity contribution in [2.45, 2.75) is 19.4 Å². The van der Waals surface area contributed by atoms with Crippen molar-refractivity contribution < 1.29 is 4.79 Å². The molecule has 0 fully saturated rings. The highest BCUT2D eigenvalue weighted by atomic mass is 32.1. The summed E-state index contributed by atoms with van der Waals surface area (Å²) in [5.74, 6) is -0.0913. The summed E-state index contributed by atoms with van der Waals surface area (Å²) in [6, 6.07) is 0. The van der Waals surface area contributed by atoms with Gasteiger partial charge < -0.3 is 16.0 Å². The Morgan fingerprint density at radius 1 is 1.62 bits per heavy atom. The maximum absolute atomic E-state index is 11.0. The van der Waals surface area contributed by atoms with Crippen LogP contribution in [0.1, 0.15) is 13.8 Å². The van der Waals surface area contributed by atoms with Crippen molar-refractivity contribution in [2.75, 3.05) is 7.05 Å². The van der Waals surface area contributed by atoms with Crippen LogP contribution in [0.5, 0.6) is 0 Å². The number of hydrogen-bond donors (Lipinski definition) is 3. The fourth-order valence-corrected chi connectivity index (χ4v) is 1.21. The minimum atomic E-state index is -0.363. The molecule has 0 aromatic heterocycles. The molecule has 72 valence electrons. The lowest BCUT2D eigenvalue weighted by Gasteiger charge is -2.23. The Bertz CT molecular complexity index is 283. The monoisotopic (exact) mass is 199 g/mol. The predicted octanol–water partition coefficient (Wildman–Crippen LogP) is -0.127.